The number of hydrogen-bond donors (Lipinski definition) is 1. The first-order valence-electron chi connectivity index (χ1n) is 6.66. The second-order valence-corrected chi connectivity index (χ2v) is 4.76. The Hall–Kier alpha value is -1.97. The molecule has 2 N–H and O–H groups in total. The summed E-state index contributed by atoms with van der Waals surface area (Å²) >= 11 is 0. The fourth-order valence-corrected chi connectivity index (χ4v) is 2.18. The van der Waals surface area contributed by atoms with Gasteiger partial charge in [-0.2, -0.15) is 0 Å². The highest BCUT2D eigenvalue weighted by Gasteiger charge is 2.22. The zero-order valence-electron chi connectivity index (χ0n) is 11.6. The number of nitrogens with two attached hydrogens (primary N) is 1. The maximum Gasteiger partial charge on any atom is 0.289 e. The predicted molar refractivity (Wildman–Crippen MR) is 77.1 cm³/mol. The van der Waals surface area contributed by atoms with Gasteiger partial charge in [-0.3, -0.25) is 4.79 Å². The summed E-state index contributed by atoms with van der Waals surface area (Å²) in [5.41, 5.74) is 7.09. The van der Waals surface area contributed by atoms with Gasteiger partial charge in [0.15, 0.2) is 5.76 Å². The largest absolute Gasteiger partial charge is 0.451 e. The van der Waals surface area contributed by atoms with E-state index in [9.17, 15) is 4.79 Å². The molecular formula is C15H20N2O2. The summed E-state index contributed by atoms with van der Waals surface area (Å²) in [6.07, 6.45) is 0.923. The van der Waals surface area contributed by atoms with Gasteiger partial charge in [0.1, 0.15) is 5.58 Å². The van der Waals surface area contributed by atoms with Crippen LogP contribution >= 0.6 is 0 Å². The number of nitrogen functional groups attached to an aromatic ring is 1. The van der Waals surface area contributed by atoms with Crippen molar-refractivity contribution < 1.29 is 9.21 Å². The molecule has 1 unspecified atom stereocenters. The highest BCUT2D eigenvalue weighted by Crippen LogP contribution is 2.23. The summed E-state index contributed by atoms with van der Waals surface area (Å²) in [5.74, 6) is 0.314. The Balaban J connectivity index is 2.35. The minimum atomic E-state index is -0.0633. The molecular weight excluding hydrogens is 240 g/mol. The lowest BCUT2D eigenvalue weighted by Crippen LogP contribution is -2.37. The first kappa shape index (κ1) is 13.5. The van der Waals surface area contributed by atoms with E-state index in [2.05, 4.69) is 6.92 Å². The molecule has 2 rings (SSSR count). The summed E-state index contributed by atoms with van der Waals surface area (Å²) in [7, 11) is 0. The molecule has 1 atom stereocenters. The number of rotatable bonds is 4. The van der Waals surface area contributed by atoms with Crippen molar-refractivity contribution in [2.75, 3.05) is 12.3 Å². The Morgan fingerprint density at radius 2 is 2.11 bits per heavy atom. The lowest BCUT2D eigenvalue weighted by molar-refractivity contribution is 0.0670. The van der Waals surface area contributed by atoms with Crippen molar-refractivity contribution in [3.8, 4) is 0 Å². The molecule has 0 saturated carbocycles. The average Bonchev–Trinajstić information content (AvgIpc) is 2.81. The van der Waals surface area contributed by atoms with Gasteiger partial charge in [-0.25, -0.2) is 0 Å². The third kappa shape index (κ3) is 2.57. The van der Waals surface area contributed by atoms with E-state index in [0.29, 0.717) is 23.6 Å². The van der Waals surface area contributed by atoms with Gasteiger partial charge in [0.2, 0.25) is 0 Å². The van der Waals surface area contributed by atoms with E-state index in [-0.39, 0.29) is 11.9 Å². The van der Waals surface area contributed by atoms with E-state index in [1.807, 2.05) is 24.8 Å². The average molecular weight is 260 g/mol. The molecule has 1 heterocycles. The number of anilines is 1. The lowest BCUT2D eigenvalue weighted by atomic mass is 10.2. The summed E-state index contributed by atoms with van der Waals surface area (Å²) in [6.45, 7) is 6.76. The number of nitrogens with zero attached hydrogens (tertiary/aromatic N) is 1. The van der Waals surface area contributed by atoms with Crippen LogP contribution in [0.25, 0.3) is 11.0 Å². The van der Waals surface area contributed by atoms with Crippen LogP contribution in [0.1, 0.15) is 37.7 Å². The SMILES string of the molecule is CCC(C)N(CC)C(=O)c1cc2cc(N)ccc2o1. The molecule has 19 heavy (non-hydrogen) atoms. The van der Waals surface area contributed by atoms with Gasteiger partial charge >= 0.3 is 0 Å². The molecule has 102 valence electrons. The minimum absolute atomic E-state index is 0.0633. The van der Waals surface area contributed by atoms with Crippen LogP contribution < -0.4 is 5.73 Å². The third-order valence-electron chi connectivity index (χ3n) is 3.48. The molecule has 0 fully saturated rings. The van der Waals surface area contributed by atoms with E-state index in [0.717, 1.165) is 11.8 Å². The van der Waals surface area contributed by atoms with Gasteiger partial charge in [0.25, 0.3) is 5.91 Å². The minimum Gasteiger partial charge on any atom is -0.451 e. The molecule has 0 radical (unpaired) electrons. The van der Waals surface area contributed by atoms with Crippen LogP contribution in [0.4, 0.5) is 5.69 Å². The van der Waals surface area contributed by atoms with E-state index in [4.69, 9.17) is 10.2 Å². The van der Waals surface area contributed by atoms with E-state index < -0.39 is 0 Å². The summed E-state index contributed by atoms with van der Waals surface area (Å²) in [5, 5.41) is 0.864. The number of furan rings is 1. The van der Waals surface area contributed by atoms with Crippen molar-refractivity contribution in [3.63, 3.8) is 0 Å². The molecule has 0 aliphatic carbocycles. The van der Waals surface area contributed by atoms with Gasteiger partial charge in [-0.05, 0) is 44.5 Å². The number of amides is 1. The molecule has 1 aromatic carbocycles. The van der Waals surface area contributed by atoms with Gasteiger partial charge in [0, 0.05) is 23.7 Å². The molecule has 1 aromatic heterocycles. The van der Waals surface area contributed by atoms with Gasteiger partial charge in [-0.1, -0.05) is 6.92 Å². The zero-order chi connectivity index (χ0) is 14.0. The number of benzene rings is 1. The summed E-state index contributed by atoms with van der Waals surface area (Å²) in [4.78, 5) is 14.3. The van der Waals surface area contributed by atoms with E-state index in [1.165, 1.54) is 0 Å². The van der Waals surface area contributed by atoms with Gasteiger partial charge in [-0.15, -0.1) is 0 Å². The highest BCUT2D eigenvalue weighted by molar-refractivity contribution is 5.96. The van der Waals surface area contributed by atoms with Crippen LogP contribution in [0.5, 0.6) is 0 Å². The van der Waals surface area contributed by atoms with Gasteiger partial charge < -0.3 is 15.1 Å². The van der Waals surface area contributed by atoms with E-state index in [1.54, 1.807) is 18.2 Å². The van der Waals surface area contributed by atoms with Gasteiger partial charge in [0.05, 0.1) is 0 Å². The van der Waals surface area contributed by atoms with Crippen LogP contribution in [0.2, 0.25) is 0 Å². The first-order valence-corrected chi connectivity index (χ1v) is 6.66. The Bertz CT molecular complexity index is 589. The zero-order valence-corrected chi connectivity index (χ0v) is 11.6. The topological polar surface area (TPSA) is 59.5 Å². The molecule has 0 aliphatic heterocycles. The Morgan fingerprint density at radius 3 is 2.74 bits per heavy atom. The maximum absolute atomic E-state index is 12.4. The predicted octanol–water partition coefficient (Wildman–Crippen LogP) is 3.28. The summed E-state index contributed by atoms with van der Waals surface area (Å²) < 4.78 is 5.62. The van der Waals surface area contributed by atoms with Crippen molar-refractivity contribution in [3.05, 3.63) is 30.0 Å². The molecule has 0 spiro atoms. The van der Waals surface area contributed by atoms with Crippen LogP contribution in [-0.4, -0.2) is 23.4 Å². The Labute approximate surface area is 113 Å². The van der Waals surface area contributed by atoms with Crippen molar-refractivity contribution in [1.82, 2.24) is 4.90 Å². The molecule has 4 heteroatoms. The highest BCUT2D eigenvalue weighted by atomic mass is 16.3. The third-order valence-corrected chi connectivity index (χ3v) is 3.48. The first-order chi connectivity index (χ1) is 9.06. The van der Waals surface area contributed by atoms with Crippen LogP contribution in [-0.2, 0) is 0 Å². The second-order valence-electron chi connectivity index (χ2n) is 4.76. The van der Waals surface area contributed by atoms with Crippen molar-refractivity contribution in [2.45, 2.75) is 33.2 Å². The number of fused-ring (bicyclic) bond motifs is 1. The number of hydrogen-bond acceptors (Lipinski definition) is 3. The van der Waals surface area contributed by atoms with Crippen molar-refractivity contribution >= 4 is 22.6 Å². The van der Waals surface area contributed by atoms with E-state index >= 15 is 0 Å². The number of carbonyl (C=O) groups excluding carboxylic acids is 1. The van der Waals surface area contributed by atoms with Crippen molar-refractivity contribution in [1.29, 1.82) is 0 Å². The quantitative estimate of drug-likeness (QED) is 0.858. The lowest BCUT2D eigenvalue weighted by Gasteiger charge is -2.26. The smallest absolute Gasteiger partial charge is 0.289 e. The molecule has 0 aliphatic rings. The van der Waals surface area contributed by atoms with Crippen LogP contribution in [0.15, 0.2) is 28.7 Å². The molecule has 1 amide bonds. The number of carbonyl (C=O) groups is 1. The van der Waals surface area contributed by atoms with Crippen molar-refractivity contribution in [2.24, 2.45) is 0 Å². The maximum atomic E-state index is 12.4. The van der Waals surface area contributed by atoms with Crippen LogP contribution in [0, 0.1) is 0 Å². The summed E-state index contributed by atoms with van der Waals surface area (Å²) in [6, 6.07) is 7.34. The fourth-order valence-electron chi connectivity index (χ4n) is 2.18. The molecule has 2 aromatic rings. The molecule has 4 nitrogen and oxygen atoms in total. The fraction of sp³-hybridized carbons (Fsp3) is 0.400. The Kier molecular flexibility index (Phi) is 3.79. The Morgan fingerprint density at radius 1 is 1.37 bits per heavy atom. The normalized spacial score (nSPS) is 12.6. The second kappa shape index (κ2) is 5.34. The van der Waals surface area contributed by atoms with Crippen LogP contribution in [0.3, 0.4) is 0 Å². The molecule has 0 saturated heterocycles. The monoisotopic (exact) mass is 260 g/mol. The molecule has 0 bridgehead atoms. The standard InChI is InChI=1S/C15H20N2O2/c1-4-10(3)17(5-2)15(18)14-9-11-8-12(16)6-7-13(11)19-14/h6-10H,4-5,16H2,1-3H3.